The van der Waals surface area contributed by atoms with Gasteiger partial charge in [-0.1, -0.05) is 53.5 Å². The molecule has 34 heavy (non-hydrogen) atoms. The third kappa shape index (κ3) is 5.50. The average Bonchev–Trinajstić information content (AvgIpc) is 3.43. The molecule has 0 spiro atoms. The summed E-state index contributed by atoms with van der Waals surface area (Å²) >= 11 is 12.3. The molecular weight excluding hydrogens is 480 g/mol. The highest BCUT2D eigenvalue weighted by Gasteiger charge is 2.17. The lowest BCUT2D eigenvalue weighted by Gasteiger charge is -2.08. The molecule has 0 aliphatic carbocycles. The highest BCUT2D eigenvalue weighted by Crippen LogP contribution is 2.25. The molecule has 2 aromatic carbocycles. The lowest BCUT2D eigenvalue weighted by atomic mass is 10.1. The second-order valence-corrected chi connectivity index (χ2v) is 8.15. The van der Waals surface area contributed by atoms with Gasteiger partial charge in [-0.2, -0.15) is 5.10 Å². The minimum atomic E-state index is -0.533. The van der Waals surface area contributed by atoms with Crippen LogP contribution in [0.3, 0.4) is 0 Å². The smallest absolute Gasteiger partial charge is 0.292 e. The fourth-order valence-electron chi connectivity index (χ4n) is 3.27. The van der Waals surface area contributed by atoms with E-state index >= 15 is 0 Å². The van der Waals surface area contributed by atoms with Gasteiger partial charge in [-0.15, -0.1) is 6.58 Å². The largest absolute Gasteiger partial charge is 0.485 e. The fraction of sp³-hybridized carbons (Fsp3) is 0.120. The Bertz CT molecular complexity index is 1310. The Kier molecular flexibility index (Phi) is 7.35. The Balaban J connectivity index is 1.40. The highest BCUT2D eigenvalue weighted by atomic mass is 35.5. The first-order chi connectivity index (χ1) is 16.4. The maximum Gasteiger partial charge on any atom is 0.292 e. The molecule has 0 bridgehead atoms. The predicted octanol–water partition coefficient (Wildman–Crippen LogP) is 6.53. The quantitative estimate of drug-likeness (QED) is 0.266. The number of ether oxygens (including phenoxy) is 1. The van der Waals surface area contributed by atoms with E-state index in [1.54, 1.807) is 18.2 Å². The van der Waals surface area contributed by atoms with Crippen molar-refractivity contribution in [2.45, 2.75) is 19.6 Å². The first-order valence-electron chi connectivity index (χ1n) is 10.3. The SMILES string of the molecule is C=CCc1ccccc1OCc1ccc(C(=O)Nc2nn(Cc3c(F)cccc3Cl)cc2Cl)o1. The summed E-state index contributed by atoms with van der Waals surface area (Å²) in [6, 6.07) is 15.2. The summed E-state index contributed by atoms with van der Waals surface area (Å²) in [6.07, 6.45) is 3.95. The summed E-state index contributed by atoms with van der Waals surface area (Å²) in [7, 11) is 0. The number of furan rings is 1. The number of nitrogens with one attached hydrogen (secondary N) is 1. The van der Waals surface area contributed by atoms with Crippen LogP contribution in [0.2, 0.25) is 10.0 Å². The molecule has 0 saturated heterocycles. The lowest BCUT2D eigenvalue weighted by molar-refractivity contribution is 0.0992. The zero-order valence-corrected chi connectivity index (χ0v) is 19.4. The lowest BCUT2D eigenvalue weighted by Crippen LogP contribution is -2.12. The van der Waals surface area contributed by atoms with Crippen LogP contribution < -0.4 is 10.1 Å². The van der Waals surface area contributed by atoms with E-state index in [0.717, 1.165) is 11.3 Å². The molecule has 0 fully saturated rings. The number of hydrogen-bond acceptors (Lipinski definition) is 4. The molecule has 174 valence electrons. The molecule has 0 unspecified atom stereocenters. The van der Waals surface area contributed by atoms with Crippen LogP contribution in [0, 0.1) is 5.82 Å². The van der Waals surface area contributed by atoms with E-state index in [1.165, 1.54) is 29.1 Å². The molecule has 1 amide bonds. The number of nitrogens with zero attached hydrogens (tertiary/aromatic N) is 2. The molecule has 0 aliphatic heterocycles. The van der Waals surface area contributed by atoms with Crippen molar-refractivity contribution in [2.24, 2.45) is 0 Å². The van der Waals surface area contributed by atoms with Crippen molar-refractivity contribution >= 4 is 34.9 Å². The normalized spacial score (nSPS) is 10.8. The maximum atomic E-state index is 14.1. The van der Waals surface area contributed by atoms with Crippen molar-refractivity contribution in [3.05, 3.63) is 112 Å². The van der Waals surface area contributed by atoms with Gasteiger partial charge in [0.1, 0.15) is 29.0 Å². The van der Waals surface area contributed by atoms with E-state index in [9.17, 15) is 9.18 Å². The van der Waals surface area contributed by atoms with Crippen LogP contribution in [0.1, 0.15) is 27.4 Å². The zero-order chi connectivity index (χ0) is 24.1. The Labute approximate surface area is 205 Å². The Morgan fingerprint density at radius 3 is 2.76 bits per heavy atom. The summed E-state index contributed by atoms with van der Waals surface area (Å²) in [6.45, 7) is 3.96. The van der Waals surface area contributed by atoms with Gasteiger partial charge >= 0.3 is 0 Å². The molecule has 0 atom stereocenters. The van der Waals surface area contributed by atoms with Gasteiger partial charge in [-0.3, -0.25) is 9.48 Å². The zero-order valence-electron chi connectivity index (χ0n) is 17.9. The molecule has 0 aliphatic rings. The minimum absolute atomic E-state index is 0.0522. The summed E-state index contributed by atoms with van der Waals surface area (Å²) in [4.78, 5) is 12.6. The van der Waals surface area contributed by atoms with Crippen LogP contribution in [-0.2, 0) is 19.6 Å². The average molecular weight is 500 g/mol. The number of rotatable bonds is 9. The number of carbonyl (C=O) groups excluding carboxylic acids is 1. The minimum Gasteiger partial charge on any atom is -0.485 e. The number of benzene rings is 2. The van der Waals surface area contributed by atoms with Crippen LogP contribution >= 0.6 is 23.2 Å². The van der Waals surface area contributed by atoms with E-state index in [4.69, 9.17) is 32.4 Å². The van der Waals surface area contributed by atoms with Gasteiger partial charge in [0.25, 0.3) is 5.91 Å². The summed E-state index contributed by atoms with van der Waals surface area (Å²) in [5.74, 6) is 0.394. The van der Waals surface area contributed by atoms with E-state index in [0.29, 0.717) is 12.2 Å². The van der Waals surface area contributed by atoms with E-state index < -0.39 is 11.7 Å². The number of anilines is 1. The third-order valence-corrected chi connectivity index (χ3v) is 5.55. The van der Waals surface area contributed by atoms with Gasteiger partial charge in [0.15, 0.2) is 11.6 Å². The maximum absolute atomic E-state index is 14.1. The number of aromatic nitrogens is 2. The number of amides is 1. The van der Waals surface area contributed by atoms with Crippen LogP contribution in [-0.4, -0.2) is 15.7 Å². The van der Waals surface area contributed by atoms with Gasteiger partial charge in [0.2, 0.25) is 0 Å². The molecule has 2 aromatic heterocycles. The summed E-state index contributed by atoms with van der Waals surface area (Å²) < 4.78 is 26.9. The molecule has 0 saturated carbocycles. The fourth-order valence-corrected chi connectivity index (χ4v) is 3.69. The van der Waals surface area contributed by atoms with Crippen LogP contribution in [0.5, 0.6) is 5.75 Å². The Morgan fingerprint density at radius 2 is 1.97 bits per heavy atom. The van der Waals surface area contributed by atoms with E-state index in [2.05, 4.69) is 17.0 Å². The molecule has 6 nitrogen and oxygen atoms in total. The monoisotopic (exact) mass is 499 g/mol. The van der Waals surface area contributed by atoms with Crippen molar-refractivity contribution in [1.82, 2.24) is 9.78 Å². The first-order valence-corrected chi connectivity index (χ1v) is 11.1. The summed E-state index contributed by atoms with van der Waals surface area (Å²) in [5.41, 5.74) is 1.27. The van der Waals surface area contributed by atoms with Gasteiger partial charge in [0, 0.05) is 16.8 Å². The van der Waals surface area contributed by atoms with E-state index in [1.807, 2.05) is 24.3 Å². The topological polar surface area (TPSA) is 69.3 Å². The van der Waals surface area contributed by atoms with E-state index in [-0.39, 0.29) is 40.3 Å². The molecule has 2 heterocycles. The summed E-state index contributed by atoms with van der Waals surface area (Å²) in [5, 5.41) is 7.28. The molecule has 1 N–H and O–H groups in total. The number of para-hydroxylation sites is 1. The molecular formula is C25H20Cl2FN3O3. The number of allylic oxidation sites excluding steroid dienone is 1. The Morgan fingerprint density at radius 1 is 1.15 bits per heavy atom. The van der Waals surface area contributed by atoms with Gasteiger partial charge in [0.05, 0.1) is 6.54 Å². The van der Waals surface area contributed by atoms with Gasteiger partial charge in [-0.05, 0) is 42.3 Å². The third-order valence-electron chi connectivity index (χ3n) is 4.92. The molecule has 4 rings (SSSR count). The van der Waals surface area contributed by atoms with Crippen molar-refractivity contribution < 1.29 is 18.3 Å². The van der Waals surface area contributed by atoms with Gasteiger partial charge in [-0.25, -0.2) is 4.39 Å². The first kappa shape index (κ1) is 23.6. The van der Waals surface area contributed by atoms with Crippen LogP contribution in [0.4, 0.5) is 10.2 Å². The highest BCUT2D eigenvalue weighted by molar-refractivity contribution is 6.33. The number of halogens is 3. The number of carbonyl (C=O) groups is 1. The van der Waals surface area contributed by atoms with Crippen molar-refractivity contribution in [2.75, 3.05) is 5.32 Å². The molecule has 0 radical (unpaired) electrons. The van der Waals surface area contributed by atoms with Crippen LogP contribution in [0.15, 0.2) is 77.9 Å². The molecule has 4 aromatic rings. The van der Waals surface area contributed by atoms with Gasteiger partial charge < -0.3 is 14.5 Å². The predicted molar refractivity (Wildman–Crippen MR) is 129 cm³/mol. The number of hydrogen-bond donors (Lipinski definition) is 1. The second-order valence-electron chi connectivity index (χ2n) is 7.33. The molecule has 9 heteroatoms. The van der Waals surface area contributed by atoms with Crippen LogP contribution in [0.25, 0.3) is 0 Å². The van der Waals surface area contributed by atoms with Crippen molar-refractivity contribution in [1.29, 1.82) is 0 Å². The standard InChI is InChI=1S/C25H20Cl2FN3O3/c1-2-6-16-7-3-4-10-22(16)33-15-17-11-12-23(34-17)25(32)29-24-20(27)14-31(30-24)13-18-19(26)8-5-9-21(18)28/h2-5,7-12,14H,1,6,13,15H2,(H,29,30,32). The Hall–Kier alpha value is -3.55. The van der Waals surface area contributed by atoms with Crippen molar-refractivity contribution in [3.8, 4) is 5.75 Å². The second kappa shape index (κ2) is 10.6. The van der Waals surface area contributed by atoms with Crippen molar-refractivity contribution in [3.63, 3.8) is 0 Å².